The van der Waals surface area contributed by atoms with E-state index in [1.54, 1.807) is 17.8 Å². The molecule has 0 aromatic heterocycles. The molecular weight excluding hydrogens is 395 g/mol. The number of carbonyl (C=O) groups is 1. The molecule has 3 heterocycles. The summed E-state index contributed by atoms with van der Waals surface area (Å²) in [5.41, 5.74) is 0.985. The summed E-state index contributed by atoms with van der Waals surface area (Å²) in [5.74, 6) is -0.601. The van der Waals surface area contributed by atoms with Crippen molar-refractivity contribution in [2.75, 3.05) is 58.4 Å². The van der Waals surface area contributed by atoms with Gasteiger partial charge in [-0.15, -0.1) is 0 Å². The van der Waals surface area contributed by atoms with Crippen molar-refractivity contribution in [3.63, 3.8) is 0 Å². The Morgan fingerprint density at radius 3 is 2.76 bits per heavy atom. The first-order valence-electron chi connectivity index (χ1n) is 10.2. The fourth-order valence-corrected chi connectivity index (χ4v) is 4.80. The third kappa shape index (κ3) is 5.53. The predicted molar refractivity (Wildman–Crippen MR) is 112 cm³/mol. The van der Waals surface area contributed by atoms with E-state index in [-0.39, 0.29) is 5.91 Å². The summed E-state index contributed by atoms with van der Waals surface area (Å²) < 4.78 is 25.3. The molecule has 1 aliphatic carbocycles. The highest BCUT2D eigenvalue weighted by atomic mass is 32.2. The minimum Gasteiger partial charge on any atom is -0.381 e. The fourth-order valence-electron chi connectivity index (χ4n) is 3.74. The highest BCUT2D eigenvalue weighted by molar-refractivity contribution is 8.00. The first kappa shape index (κ1) is 20.7. The summed E-state index contributed by atoms with van der Waals surface area (Å²) in [7, 11) is 0. The fraction of sp³-hybridized carbons (Fsp3) is 0.650. The highest BCUT2D eigenvalue weighted by Crippen LogP contribution is 2.30. The number of allylic oxidation sites excluding steroid dienone is 2. The van der Waals surface area contributed by atoms with Crippen LogP contribution in [-0.4, -0.2) is 86.0 Å². The molecule has 0 spiro atoms. The molecule has 1 N–H and O–H groups in total. The van der Waals surface area contributed by atoms with Crippen LogP contribution in [0.3, 0.4) is 0 Å². The van der Waals surface area contributed by atoms with Crippen molar-refractivity contribution in [2.45, 2.75) is 18.1 Å². The topological polar surface area (TPSA) is 75.5 Å². The van der Waals surface area contributed by atoms with Gasteiger partial charge in [0.15, 0.2) is 0 Å². The quantitative estimate of drug-likeness (QED) is 0.703. The van der Waals surface area contributed by atoms with E-state index in [0.29, 0.717) is 34.8 Å². The minimum absolute atomic E-state index is 0.352. The van der Waals surface area contributed by atoms with Gasteiger partial charge in [0, 0.05) is 38.1 Å². The summed E-state index contributed by atoms with van der Waals surface area (Å²) in [5, 5.41) is 3.28. The van der Waals surface area contributed by atoms with Crippen LogP contribution in [0, 0.1) is 5.92 Å². The number of halogens is 1. The Kier molecular flexibility index (Phi) is 7.12. The summed E-state index contributed by atoms with van der Waals surface area (Å²) in [6.07, 6.45) is 5.11. The van der Waals surface area contributed by atoms with Crippen molar-refractivity contribution < 1.29 is 18.7 Å². The molecule has 2 saturated heterocycles. The van der Waals surface area contributed by atoms with Crippen LogP contribution in [0.4, 0.5) is 4.39 Å². The lowest BCUT2D eigenvalue weighted by atomic mass is 9.94. The van der Waals surface area contributed by atoms with Gasteiger partial charge in [-0.1, -0.05) is 0 Å². The van der Waals surface area contributed by atoms with Crippen molar-refractivity contribution in [1.82, 2.24) is 10.2 Å². The molecule has 0 saturated carbocycles. The predicted octanol–water partition coefficient (Wildman–Crippen LogP) is 1.57. The smallest absolute Gasteiger partial charge is 0.241 e. The Morgan fingerprint density at radius 1 is 1.21 bits per heavy atom. The number of ether oxygens (including phenoxy) is 2. The molecule has 0 radical (unpaired) electrons. The molecule has 29 heavy (non-hydrogen) atoms. The molecule has 4 rings (SSSR count). The van der Waals surface area contributed by atoms with Crippen LogP contribution in [0.1, 0.15) is 12.8 Å². The Labute approximate surface area is 174 Å². The lowest BCUT2D eigenvalue weighted by Gasteiger charge is -2.27. The third-order valence-electron chi connectivity index (χ3n) is 5.39. The maximum atomic E-state index is 14.6. The molecule has 4 aliphatic rings. The van der Waals surface area contributed by atoms with Gasteiger partial charge in [-0.05, 0) is 25.0 Å². The van der Waals surface area contributed by atoms with E-state index in [4.69, 9.17) is 9.47 Å². The molecule has 158 valence electrons. The van der Waals surface area contributed by atoms with E-state index in [0.717, 1.165) is 58.9 Å². The summed E-state index contributed by atoms with van der Waals surface area (Å²) in [4.78, 5) is 23.8. The van der Waals surface area contributed by atoms with Crippen LogP contribution < -0.4 is 5.32 Å². The Morgan fingerprint density at radius 2 is 1.97 bits per heavy atom. The second-order valence-corrected chi connectivity index (χ2v) is 8.75. The molecule has 0 aromatic carbocycles. The second kappa shape index (κ2) is 9.97. The molecule has 0 aromatic rings. The van der Waals surface area contributed by atoms with Crippen LogP contribution in [-0.2, 0) is 14.3 Å². The molecular formula is C20H27FN4O3S. The molecule has 0 bridgehead atoms. The van der Waals surface area contributed by atoms with Gasteiger partial charge in [0.05, 0.1) is 36.9 Å². The van der Waals surface area contributed by atoms with Crippen LogP contribution >= 0.6 is 11.8 Å². The van der Waals surface area contributed by atoms with Crippen molar-refractivity contribution in [3.8, 4) is 0 Å². The molecule has 3 aliphatic heterocycles. The lowest BCUT2D eigenvalue weighted by Crippen LogP contribution is -2.43. The van der Waals surface area contributed by atoms with Gasteiger partial charge in [-0.3, -0.25) is 14.7 Å². The highest BCUT2D eigenvalue weighted by Gasteiger charge is 2.35. The Balaban J connectivity index is 1.39. The van der Waals surface area contributed by atoms with Crippen LogP contribution in [0.15, 0.2) is 33.7 Å². The molecule has 1 unspecified atom stereocenters. The number of nitrogens with one attached hydrogen (secondary N) is 1. The van der Waals surface area contributed by atoms with Gasteiger partial charge in [-0.2, -0.15) is 11.8 Å². The number of aliphatic imine (C=N–C) groups is 2. The first-order chi connectivity index (χ1) is 14.2. The maximum absolute atomic E-state index is 14.6. The van der Waals surface area contributed by atoms with E-state index in [1.807, 2.05) is 0 Å². The van der Waals surface area contributed by atoms with E-state index in [9.17, 15) is 9.18 Å². The zero-order valence-electron chi connectivity index (χ0n) is 16.4. The average molecular weight is 423 g/mol. The normalized spacial score (nSPS) is 27.8. The average Bonchev–Trinajstić information content (AvgIpc) is 2.73. The number of amidine groups is 1. The van der Waals surface area contributed by atoms with E-state index >= 15 is 0 Å². The molecule has 7 nitrogen and oxygen atoms in total. The molecule has 2 fully saturated rings. The van der Waals surface area contributed by atoms with Crippen LogP contribution in [0.2, 0.25) is 0 Å². The lowest BCUT2D eigenvalue weighted by molar-refractivity contribution is -0.122. The number of thioether (sulfide) groups is 1. The third-order valence-corrected chi connectivity index (χ3v) is 6.77. The standard InChI is InChI=1S/C20H27FN4O3S/c21-16-11-14(22-3-4-25-5-9-28-10-6-25)12-17-19(16)20(26)24-18(23-17)13-29-15-1-7-27-8-2-15/h11-12,15,19H,1-10,13H2,(H,23,24,26). The van der Waals surface area contributed by atoms with Gasteiger partial charge in [0.25, 0.3) is 0 Å². The molecule has 9 heteroatoms. The minimum atomic E-state index is -0.954. The second-order valence-electron chi connectivity index (χ2n) is 7.46. The maximum Gasteiger partial charge on any atom is 0.241 e. The number of morpholine rings is 1. The number of hydrogen-bond acceptors (Lipinski definition) is 7. The van der Waals surface area contributed by atoms with Crippen molar-refractivity contribution in [3.05, 3.63) is 23.7 Å². The van der Waals surface area contributed by atoms with Gasteiger partial charge in [0.2, 0.25) is 5.91 Å². The van der Waals surface area contributed by atoms with Crippen molar-refractivity contribution in [1.29, 1.82) is 0 Å². The van der Waals surface area contributed by atoms with Crippen molar-refractivity contribution in [2.24, 2.45) is 15.9 Å². The van der Waals surface area contributed by atoms with Crippen LogP contribution in [0.5, 0.6) is 0 Å². The SMILES string of the molecule is O=C1NC(CSC2CCOCC2)=NC2=CC(=NCCN3CCOCC3)C=C(F)C12. The molecule has 1 atom stereocenters. The van der Waals surface area contributed by atoms with E-state index in [2.05, 4.69) is 20.2 Å². The zero-order valence-corrected chi connectivity index (χ0v) is 17.3. The number of hydrogen-bond donors (Lipinski definition) is 1. The number of carbonyl (C=O) groups excluding carboxylic acids is 1. The number of fused-ring (bicyclic) bond motifs is 1. The van der Waals surface area contributed by atoms with Gasteiger partial charge >= 0.3 is 0 Å². The first-order valence-corrected chi connectivity index (χ1v) is 11.2. The largest absolute Gasteiger partial charge is 0.381 e. The monoisotopic (exact) mass is 422 g/mol. The summed E-state index contributed by atoms with van der Waals surface area (Å²) in [6.45, 7) is 6.24. The number of rotatable bonds is 6. The summed E-state index contributed by atoms with van der Waals surface area (Å²) >= 11 is 1.77. The van der Waals surface area contributed by atoms with E-state index in [1.165, 1.54) is 6.08 Å². The number of amides is 1. The zero-order chi connectivity index (χ0) is 20.1. The van der Waals surface area contributed by atoms with E-state index < -0.39 is 11.7 Å². The Hall–Kier alpha value is -1.55. The Bertz CT molecular complexity index is 740. The van der Waals surface area contributed by atoms with Gasteiger partial charge < -0.3 is 14.8 Å². The summed E-state index contributed by atoms with van der Waals surface area (Å²) in [6, 6.07) is 0. The van der Waals surface area contributed by atoms with Crippen molar-refractivity contribution >= 4 is 29.2 Å². The number of nitrogens with zero attached hydrogens (tertiary/aromatic N) is 3. The van der Waals surface area contributed by atoms with Gasteiger partial charge in [0.1, 0.15) is 17.6 Å². The van der Waals surface area contributed by atoms with Gasteiger partial charge in [-0.25, -0.2) is 9.38 Å². The molecule has 1 amide bonds. The van der Waals surface area contributed by atoms with Crippen LogP contribution in [0.25, 0.3) is 0 Å².